The van der Waals surface area contributed by atoms with E-state index >= 15 is 0 Å². The lowest BCUT2D eigenvalue weighted by Gasteiger charge is -2.07. The largest absolute Gasteiger partial charge is 0.446 e. The minimum absolute atomic E-state index is 0.246. The first-order valence-electron chi connectivity index (χ1n) is 7.22. The smallest absolute Gasteiger partial charge is 0.273 e. The van der Waals surface area contributed by atoms with Crippen LogP contribution in [0.1, 0.15) is 34.4 Å². The molecule has 0 bridgehead atoms. The summed E-state index contributed by atoms with van der Waals surface area (Å²) in [7, 11) is 1.62. The summed E-state index contributed by atoms with van der Waals surface area (Å²) in [5.41, 5.74) is 7.42. The van der Waals surface area contributed by atoms with Crippen molar-refractivity contribution in [2.24, 2.45) is 5.73 Å². The molecule has 1 amide bonds. The molecular weight excluding hydrogens is 282 g/mol. The fourth-order valence-corrected chi connectivity index (χ4v) is 2.03. The van der Waals surface area contributed by atoms with Gasteiger partial charge < -0.3 is 20.2 Å². The van der Waals surface area contributed by atoms with Gasteiger partial charge in [-0.2, -0.15) is 0 Å². The summed E-state index contributed by atoms with van der Waals surface area (Å²) in [5.74, 6) is 0.101. The Morgan fingerprint density at radius 1 is 1.41 bits per heavy atom. The topological polar surface area (TPSA) is 90.4 Å². The van der Waals surface area contributed by atoms with E-state index in [9.17, 15) is 4.79 Å². The van der Waals surface area contributed by atoms with E-state index < -0.39 is 0 Å². The van der Waals surface area contributed by atoms with Gasteiger partial charge in [-0.15, -0.1) is 0 Å². The highest BCUT2D eigenvalue weighted by molar-refractivity contribution is 5.91. The maximum Gasteiger partial charge on any atom is 0.273 e. The van der Waals surface area contributed by atoms with Crippen LogP contribution < -0.4 is 11.1 Å². The van der Waals surface area contributed by atoms with E-state index in [1.54, 1.807) is 7.11 Å². The van der Waals surface area contributed by atoms with Gasteiger partial charge in [0.05, 0.1) is 6.04 Å². The van der Waals surface area contributed by atoms with Gasteiger partial charge in [-0.3, -0.25) is 4.79 Å². The first-order valence-corrected chi connectivity index (χ1v) is 7.22. The number of nitrogens with zero attached hydrogens (tertiary/aromatic N) is 1. The number of methoxy groups -OCH3 is 1. The van der Waals surface area contributed by atoms with Crippen LogP contribution in [-0.2, 0) is 11.2 Å². The number of oxazole rings is 1. The van der Waals surface area contributed by atoms with Crippen LogP contribution in [0.4, 0.5) is 0 Å². The summed E-state index contributed by atoms with van der Waals surface area (Å²) in [6.45, 7) is 1.14. The van der Waals surface area contributed by atoms with Crippen LogP contribution >= 0.6 is 0 Å². The minimum atomic E-state index is -0.377. The number of rotatable bonds is 8. The highest BCUT2D eigenvalue weighted by Crippen LogP contribution is 2.15. The van der Waals surface area contributed by atoms with Crippen LogP contribution in [0.5, 0.6) is 0 Å². The monoisotopic (exact) mass is 303 g/mol. The van der Waals surface area contributed by atoms with Crippen LogP contribution in [0.3, 0.4) is 0 Å². The molecule has 1 heterocycles. The van der Waals surface area contributed by atoms with Crippen molar-refractivity contribution in [1.29, 1.82) is 0 Å². The second-order valence-electron chi connectivity index (χ2n) is 4.97. The molecule has 1 unspecified atom stereocenters. The van der Waals surface area contributed by atoms with E-state index in [1.807, 2.05) is 30.3 Å². The third-order valence-corrected chi connectivity index (χ3v) is 3.18. The SMILES string of the molecule is COCCCNC(=O)c1coc(C(N)Cc2ccccc2)n1. The molecule has 0 aliphatic carbocycles. The van der Waals surface area contributed by atoms with Gasteiger partial charge in [-0.1, -0.05) is 30.3 Å². The summed E-state index contributed by atoms with van der Waals surface area (Å²) in [4.78, 5) is 16.1. The third kappa shape index (κ3) is 4.68. The molecule has 0 spiro atoms. The van der Waals surface area contributed by atoms with Gasteiger partial charge in [0.25, 0.3) is 5.91 Å². The number of hydrogen-bond donors (Lipinski definition) is 2. The fraction of sp³-hybridized carbons (Fsp3) is 0.375. The zero-order chi connectivity index (χ0) is 15.8. The summed E-state index contributed by atoms with van der Waals surface area (Å²) >= 11 is 0. The van der Waals surface area contributed by atoms with Crippen LogP contribution in [0.25, 0.3) is 0 Å². The van der Waals surface area contributed by atoms with E-state index in [4.69, 9.17) is 14.9 Å². The van der Waals surface area contributed by atoms with Gasteiger partial charge in [0.15, 0.2) is 5.69 Å². The number of hydrogen-bond acceptors (Lipinski definition) is 5. The molecule has 1 atom stereocenters. The van der Waals surface area contributed by atoms with Gasteiger partial charge in [0.1, 0.15) is 6.26 Å². The zero-order valence-electron chi connectivity index (χ0n) is 12.6. The van der Waals surface area contributed by atoms with E-state index in [0.717, 1.165) is 12.0 Å². The van der Waals surface area contributed by atoms with Gasteiger partial charge >= 0.3 is 0 Å². The fourth-order valence-electron chi connectivity index (χ4n) is 2.03. The highest BCUT2D eigenvalue weighted by atomic mass is 16.5. The summed E-state index contributed by atoms with van der Waals surface area (Å²) in [5, 5.41) is 2.75. The number of carbonyl (C=O) groups is 1. The van der Waals surface area contributed by atoms with Crippen molar-refractivity contribution in [2.45, 2.75) is 18.9 Å². The molecule has 22 heavy (non-hydrogen) atoms. The Morgan fingerprint density at radius 2 is 2.18 bits per heavy atom. The molecule has 1 aromatic carbocycles. The average molecular weight is 303 g/mol. The van der Waals surface area contributed by atoms with E-state index in [1.165, 1.54) is 6.26 Å². The number of nitrogens with one attached hydrogen (secondary N) is 1. The van der Waals surface area contributed by atoms with Crippen molar-refractivity contribution >= 4 is 5.91 Å². The second-order valence-corrected chi connectivity index (χ2v) is 4.97. The molecule has 0 saturated heterocycles. The minimum Gasteiger partial charge on any atom is -0.446 e. The first kappa shape index (κ1) is 16.2. The maximum absolute atomic E-state index is 11.9. The van der Waals surface area contributed by atoms with E-state index in [0.29, 0.717) is 25.5 Å². The summed E-state index contributed by atoms with van der Waals surface area (Å²) < 4.78 is 10.2. The Morgan fingerprint density at radius 3 is 2.91 bits per heavy atom. The van der Waals surface area contributed by atoms with E-state index in [-0.39, 0.29) is 17.6 Å². The number of carbonyl (C=O) groups excluding carboxylic acids is 1. The van der Waals surface area contributed by atoms with E-state index in [2.05, 4.69) is 10.3 Å². The molecule has 2 aromatic rings. The third-order valence-electron chi connectivity index (χ3n) is 3.18. The molecule has 118 valence electrons. The van der Waals surface area contributed by atoms with Crippen molar-refractivity contribution in [3.8, 4) is 0 Å². The summed E-state index contributed by atoms with van der Waals surface area (Å²) in [6, 6.07) is 9.47. The Balaban J connectivity index is 1.88. The lowest BCUT2D eigenvalue weighted by molar-refractivity contribution is 0.0943. The van der Waals surface area contributed by atoms with Gasteiger partial charge in [-0.25, -0.2) is 4.98 Å². The predicted molar refractivity (Wildman–Crippen MR) is 82.4 cm³/mol. The van der Waals surface area contributed by atoms with Crippen LogP contribution in [-0.4, -0.2) is 31.2 Å². The molecule has 0 radical (unpaired) electrons. The lowest BCUT2D eigenvalue weighted by atomic mass is 10.1. The predicted octanol–water partition coefficient (Wildman–Crippen LogP) is 1.68. The van der Waals surface area contributed by atoms with Crippen LogP contribution in [0.15, 0.2) is 41.0 Å². The standard InChI is InChI=1S/C16H21N3O3/c1-21-9-5-8-18-15(20)14-11-22-16(19-14)13(17)10-12-6-3-2-4-7-12/h2-4,6-7,11,13H,5,8-10,17H2,1H3,(H,18,20). The first-order chi connectivity index (χ1) is 10.7. The number of benzene rings is 1. The van der Waals surface area contributed by atoms with Gasteiger partial charge in [0, 0.05) is 20.3 Å². The lowest BCUT2D eigenvalue weighted by Crippen LogP contribution is -2.25. The maximum atomic E-state index is 11.9. The summed E-state index contributed by atoms with van der Waals surface area (Å²) in [6.07, 6.45) is 2.70. The molecular formula is C16H21N3O3. The number of amides is 1. The zero-order valence-corrected chi connectivity index (χ0v) is 12.6. The van der Waals surface area contributed by atoms with Crippen LogP contribution in [0.2, 0.25) is 0 Å². The number of aromatic nitrogens is 1. The average Bonchev–Trinajstić information content (AvgIpc) is 3.02. The molecule has 6 nitrogen and oxygen atoms in total. The van der Waals surface area contributed by atoms with Crippen LogP contribution in [0, 0.1) is 0 Å². The van der Waals surface area contributed by atoms with Gasteiger partial charge in [-0.05, 0) is 18.4 Å². The Labute approximate surface area is 129 Å². The molecule has 2 rings (SSSR count). The van der Waals surface area contributed by atoms with Crippen molar-refractivity contribution in [2.75, 3.05) is 20.3 Å². The second kappa shape index (κ2) is 8.31. The van der Waals surface area contributed by atoms with Crippen molar-refractivity contribution in [3.63, 3.8) is 0 Å². The Kier molecular flexibility index (Phi) is 6.12. The molecule has 0 fully saturated rings. The Bertz CT molecular complexity index is 583. The highest BCUT2D eigenvalue weighted by Gasteiger charge is 2.17. The molecule has 0 saturated carbocycles. The van der Waals surface area contributed by atoms with Crippen molar-refractivity contribution in [1.82, 2.24) is 10.3 Å². The Hall–Kier alpha value is -2.18. The molecule has 6 heteroatoms. The molecule has 3 N–H and O–H groups in total. The molecule has 1 aromatic heterocycles. The quantitative estimate of drug-likeness (QED) is 0.724. The van der Waals surface area contributed by atoms with Gasteiger partial charge in [0.2, 0.25) is 5.89 Å². The number of ether oxygens (including phenoxy) is 1. The normalized spacial score (nSPS) is 12.1. The van der Waals surface area contributed by atoms with Crippen molar-refractivity contribution in [3.05, 3.63) is 53.7 Å². The van der Waals surface area contributed by atoms with Crippen molar-refractivity contribution < 1.29 is 13.9 Å². The molecule has 0 aliphatic heterocycles. The number of nitrogens with two attached hydrogens (primary N) is 1. The molecule has 0 aliphatic rings.